The summed E-state index contributed by atoms with van der Waals surface area (Å²) in [7, 11) is 0. The van der Waals surface area contributed by atoms with Gasteiger partial charge in [-0.05, 0) is 29.9 Å². The van der Waals surface area contributed by atoms with E-state index in [0.717, 1.165) is 6.54 Å². The first kappa shape index (κ1) is 9.50. The highest BCUT2D eigenvalue weighted by molar-refractivity contribution is 5.44. The number of anilines is 1. The molecule has 1 nitrogen and oxygen atoms in total. The Morgan fingerprint density at radius 1 is 1.43 bits per heavy atom. The van der Waals surface area contributed by atoms with E-state index in [9.17, 15) is 4.39 Å². The third-order valence-corrected chi connectivity index (χ3v) is 3.13. The van der Waals surface area contributed by atoms with Gasteiger partial charge in [-0.3, -0.25) is 0 Å². The van der Waals surface area contributed by atoms with Gasteiger partial charge in [-0.25, -0.2) is 4.39 Å². The summed E-state index contributed by atoms with van der Waals surface area (Å²) in [5.41, 5.74) is 1.08. The van der Waals surface area contributed by atoms with Crippen molar-refractivity contribution in [3.05, 3.63) is 30.1 Å². The maximum atomic E-state index is 13.2. The smallest absolute Gasteiger partial charge is 0.146 e. The van der Waals surface area contributed by atoms with E-state index in [1.165, 1.54) is 12.5 Å². The fraction of sp³-hybridized carbons (Fsp3) is 0.500. The highest BCUT2D eigenvalue weighted by Gasteiger charge is 2.44. The lowest BCUT2D eigenvalue weighted by atomic mass is 10.1. The lowest BCUT2D eigenvalue weighted by molar-refractivity contribution is 0.570. The molecule has 0 saturated heterocycles. The van der Waals surface area contributed by atoms with Crippen molar-refractivity contribution in [3.8, 4) is 0 Å². The standard InChI is InChI=1S/C12H16FN/c1-12(2)7-9(12)8-14-11-6-4-3-5-10(11)13/h3-6,9,14H,7-8H2,1-2H3. The van der Waals surface area contributed by atoms with Crippen LogP contribution in [0.3, 0.4) is 0 Å². The predicted octanol–water partition coefficient (Wildman–Crippen LogP) is 3.28. The van der Waals surface area contributed by atoms with E-state index in [1.807, 2.05) is 6.07 Å². The molecule has 14 heavy (non-hydrogen) atoms. The van der Waals surface area contributed by atoms with E-state index < -0.39 is 0 Å². The Kier molecular flexibility index (Phi) is 2.22. The number of benzene rings is 1. The highest BCUT2D eigenvalue weighted by Crippen LogP contribution is 2.51. The van der Waals surface area contributed by atoms with Gasteiger partial charge in [0.15, 0.2) is 0 Å². The topological polar surface area (TPSA) is 12.0 Å². The van der Waals surface area contributed by atoms with Gasteiger partial charge in [0.1, 0.15) is 5.82 Å². The van der Waals surface area contributed by atoms with Crippen molar-refractivity contribution in [2.75, 3.05) is 11.9 Å². The molecule has 0 radical (unpaired) electrons. The summed E-state index contributed by atoms with van der Waals surface area (Å²) in [5.74, 6) is 0.535. The van der Waals surface area contributed by atoms with Crippen LogP contribution in [0.5, 0.6) is 0 Å². The van der Waals surface area contributed by atoms with Crippen LogP contribution in [0.2, 0.25) is 0 Å². The summed E-state index contributed by atoms with van der Waals surface area (Å²) in [6.45, 7) is 5.38. The van der Waals surface area contributed by atoms with E-state index in [-0.39, 0.29) is 5.82 Å². The van der Waals surface area contributed by atoms with Crippen LogP contribution < -0.4 is 5.32 Å². The Bertz CT molecular complexity index is 333. The van der Waals surface area contributed by atoms with Crippen LogP contribution in [-0.2, 0) is 0 Å². The number of rotatable bonds is 3. The summed E-state index contributed by atoms with van der Waals surface area (Å²) >= 11 is 0. The number of hydrogen-bond donors (Lipinski definition) is 1. The molecule has 0 amide bonds. The molecular formula is C12H16FN. The SMILES string of the molecule is CC1(C)CC1CNc1ccccc1F. The normalized spacial score (nSPS) is 23.2. The summed E-state index contributed by atoms with van der Waals surface area (Å²) in [6.07, 6.45) is 1.24. The maximum absolute atomic E-state index is 13.2. The molecule has 1 aliphatic rings. The van der Waals surface area contributed by atoms with E-state index in [0.29, 0.717) is 17.0 Å². The van der Waals surface area contributed by atoms with Crippen LogP contribution in [0.1, 0.15) is 20.3 Å². The molecule has 0 heterocycles. The quantitative estimate of drug-likeness (QED) is 0.776. The Morgan fingerprint density at radius 2 is 2.07 bits per heavy atom. The summed E-state index contributed by atoms with van der Waals surface area (Å²) in [5, 5.41) is 3.16. The molecule has 0 bridgehead atoms. The first-order valence-corrected chi connectivity index (χ1v) is 5.08. The molecule has 1 aromatic carbocycles. The molecule has 0 aliphatic heterocycles. The minimum Gasteiger partial charge on any atom is -0.382 e. The van der Waals surface area contributed by atoms with Gasteiger partial charge in [0.05, 0.1) is 5.69 Å². The average Bonchev–Trinajstić information content (AvgIpc) is 2.73. The highest BCUT2D eigenvalue weighted by atomic mass is 19.1. The number of para-hydroxylation sites is 1. The molecule has 1 fully saturated rings. The molecule has 1 aromatic rings. The van der Waals surface area contributed by atoms with E-state index in [4.69, 9.17) is 0 Å². The second kappa shape index (κ2) is 3.26. The molecular weight excluding hydrogens is 177 g/mol. The molecule has 0 aromatic heterocycles. The van der Waals surface area contributed by atoms with Crippen molar-refractivity contribution in [3.63, 3.8) is 0 Å². The van der Waals surface area contributed by atoms with Gasteiger partial charge in [-0.1, -0.05) is 26.0 Å². The fourth-order valence-electron chi connectivity index (χ4n) is 1.76. The van der Waals surface area contributed by atoms with E-state index in [2.05, 4.69) is 19.2 Å². The van der Waals surface area contributed by atoms with Crippen LogP contribution in [0.25, 0.3) is 0 Å². The van der Waals surface area contributed by atoms with Crippen molar-refractivity contribution < 1.29 is 4.39 Å². The Balaban J connectivity index is 1.90. The minimum atomic E-state index is -0.161. The molecule has 1 unspecified atom stereocenters. The lowest BCUT2D eigenvalue weighted by Gasteiger charge is -2.08. The van der Waals surface area contributed by atoms with Crippen molar-refractivity contribution in [1.82, 2.24) is 0 Å². The molecule has 2 heteroatoms. The van der Waals surface area contributed by atoms with Crippen molar-refractivity contribution >= 4 is 5.69 Å². The van der Waals surface area contributed by atoms with E-state index in [1.54, 1.807) is 12.1 Å². The van der Waals surface area contributed by atoms with Gasteiger partial charge in [0.2, 0.25) is 0 Å². The van der Waals surface area contributed by atoms with Gasteiger partial charge in [-0.15, -0.1) is 0 Å². The Hall–Kier alpha value is -1.05. The van der Waals surface area contributed by atoms with Crippen LogP contribution in [0.4, 0.5) is 10.1 Å². The summed E-state index contributed by atoms with van der Waals surface area (Å²) in [4.78, 5) is 0. The Labute approximate surface area is 84.3 Å². The molecule has 1 aliphatic carbocycles. The minimum absolute atomic E-state index is 0.161. The second-order valence-corrected chi connectivity index (χ2v) is 4.75. The largest absolute Gasteiger partial charge is 0.382 e. The van der Waals surface area contributed by atoms with Crippen molar-refractivity contribution in [1.29, 1.82) is 0 Å². The molecule has 1 saturated carbocycles. The molecule has 0 spiro atoms. The molecule has 1 N–H and O–H groups in total. The molecule has 76 valence electrons. The average molecular weight is 193 g/mol. The summed E-state index contributed by atoms with van der Waals surface area (Å²) in [6, 6.07) is 6.83. The van der Waals surface area contributed by atoms with Crippen LogP contribution in [-0.4, -0.2) is 6.54 Å². The van der Waals surface area contributed by atoms with Crippen molar-refractivity contribution in [2.45, 2.75) is 20.3 Å². The third kappa shape index (κ3) is 1.89. The van der Waals surface area contributed by atoms with Crippen molar-refractivity contribution in [2.24, 2.45) is 11.3 Å². The number of hydrogen-bond acceptors (Lipinski definition) is 1. The zero-order valence-electron chi connectivity index (χ0n) is 8.68. The monoisotopic (exact) mass is 193 g/mol. The van der Waals surface area contributed by atoms with E-state index >= 15 is 0 Å². The maximum Gasteiger partial charge on any atom is 0.146 e. The predicted molar refractivity (Wildman–Crippen MR) is 56.8 cm³/mol. The van der Waals surface area contributed by atoms with Crippen LogP contribution in [0.15, 0.2) is 24.3 Å². The van der Waals surface area contributed by atoms with Crippen LogP contribution >= 0.6 is 0 Å². The molecule has 1 atom stereocenters. The first-order chi connectivity index (χ1) is 6.59. The summed E-state index contributed by atoms with van der Waals surface area (Å²) < 4.78 is 13.2. The molecule has 2 rings (SSSR count). The van der Waals surface area contributed by atoms with Gasteiger partial charge in [0.25, 0.3) is 0 Å². The van der Waals surface area contributed by atoms with Gasteiger partial charge < -0.3 is 5.32 Å². The van der Waals surface area contributed by atoms with Gasteiger partial charge in [-0.2, -0.15) is 0 Å². The zero-order chi connectivity index (χ0) is 10.2. The fourth-order valence-corrected chi connectivity index (χ4v) is 1.76. The lowest BCUT2D eigenvalue weighted by Crippen LogP contribution is -2.08. The second-order valence-electron chi connectivity index (χ2n) is 4.75. The van der Waals surface area contributed by atoms with Crippen LogP contribution in [0, 0.1) is 17.2 Å². The number of halogens is 1. The van der Waals surface area contributed by atoms with Gasteiger partial charge >= 0.3 is 0 Å². The first-order valence-electron chi connectivity index (χ1n) is 5.08. The van der Waals surface area contributed by atoms with Gasteiger partial charge in [0, 0.05) is 6.54 Å². The number of nitrogens with one attached hydrogen (secondary N) is 1. The zero-order valence-corrected chi connectivity index (χ0v) is 8.68. The Morgan fingerprint density at radius 3 is 2.64 bits per heavy atom. The third-order valence-electron chi connectivity index (χ3n) is 3.13.